The number of rotatable bonds is 5. The Morgan fingerprint density at radius 2 is 1.73 bits per heavy atom. The van der Waals surface area contributed by atoms with E-state index in [9.17, 15) is 4.79 Å². The lowest BCUT2D eigenvalue weighted by Crippen LogP contribution is -2.30. The lowest BCUT2D eigenvalue weighted by atomic mass is 9.76. The van der Waals surface area contributed by atoms with Crippen LogP contribution in [0.4, 0.5) is 0 Å². The number of carbonyl (C=O) groups excluding carboxylic acids is 1. The van der Waals surface area contributed by atoms with Crippen LogP contribution in [0.25, 0.3) is 13.2 Å². The van der Waals surface area contributed by atoms with E-state index in [0.717, 1.165) is 42.5 Å². The van der Waals surface area contributed by atoms with Gasteiger partial charge in [-0.15, -0.1) is 0 Å². The second kappa shape index (κ2) is 8.03. The highest BCUT2D eigenvalue weighted by Crippen LogP contribution is 2.35. The molecule has 26 heavy (non-hydrogen) atoms. The van der Waals surface area contributed by atoms with Crippen LogP contribution >= 0.6 is 0 Å². The number of aryl methyl sites for hydroxylation is 3. The van der Waals surface area contributed by atoms with E-state index in [2.05, 4.69) is 63.4 Å². The minimum absolute atomic E-state index is 0.244. The molecule has 0 N–H and O–H groups in total. The Labute approximate surface area is 157 Å². The van der Waals surface area contributed by atoms with Gasteiger partial charge >= 0.3 is 0 Å². The summed E-state index contributed by atoms with van der Waals surface area (Å²) >= 11 is 0. The van der Waals surface area contributed by atoms with Crippen molar-refractivity contribution in [2.45, 2.75) is 58.3 Å². The molecule has 2 aromatic rings. The van der Waals surface area contributed by atoms with E-state index < -0.39 is 0 Å². The van der Waals surface area contributed by atoms with Crippen LogP contribution in [0.2, 0.25) is 0 Å². The van der Waals surface area contributed by atoms with Gasteiger partial charge in [-0.25, -0.2) is 0 Å². The molecular formula is C25H30O. The summed E-state index contributed by atoms with van der Waals surface area (Å²) in [4.78, 5) is 12.7. The van der Waals surface area contributed by atoms with Crippen molar-refractivity contribution in [3.8, 4) is 0 Å². The van der Waals surface area contributed by atoms with Gasteiger partial charge in [0.05, 0.1) is 0 Å². The van der Waals surface area contributed by atoms with Gasteiger partial charge in [0, 0.05) is 12.3 Å². The first kappa shape index (κ1) is 18.6. The molecule has 0 aromatic heterocycles. The molecule has 136 valence electrons. The molecule has 3 rings (SSSR count). The second-order valence-corrected chi connectivity index (χ2v) is 8.00. The van der Waals surface area contributed by atoms with Gasteiger partial charge in [-0.05, 0) is 73.4 Å². The topological polar surface area (TPSA) is 17.1 Å². The van der Waals surface area contributed by atoms with E-state index in [0.29, 0.717) is 18.1 Å². The first-order valence-electron chi connectivity index (χ1n) is 9.80. The van der Waals surface area contributed by atoms with Crippen molar-refractivity contribution < 1.29 is 4.79 Å². The van der Waals surface area contributed by atoms with Crippen LogP contribution in [0.3, 0.4) is 0 Å². The summed E-state index contributed by atoms with van der Waals surface area (Å²) in [7, 11) is 0. The zero-order chi connectivity index (χ0) is 18.7. The Hall–Kier alpha value is -2.15. The molecule has 0 spiro atoms. The van der Waals surface area contributed by atoms with Gasteiger partial charge in [0.25, 0.3) is 0 Å². The van der Waals surface area contributed by atoms with Crippen LogP contribution in [-0.2, 0) is 11.2 Å². The maximum absolute atomic E-state index is 12.7. The quantitative estimate of drug-likeness (QED) is 0.773. The summed E-state index contributed by atoms with van der Waals surface area (Å²) in [6.07, 6.45) is 5.74. The van der Waals surface area contributed by atoms with Crippen molar-refractivity contribution in [1.82, 2.24) is 0 Å². The predicted octanol–water partition coefficient (Wildman–Crippen LogP) is 4.60. The summed E-state index contributed by atoms with van der Waals surface area (Å²) < 4.78 is 0. The second-order valence-electron chi connectivity index (χ2n) is 8.00. The molecule has 1 nitrogen and oxygen atoms in total. The summed E-state index contributed by atoms with van der Waals surface area (Å²) in [6.45, 7) is 12.6. The van der Waals surface area contributed by atoms with Crippen molar-refractivity contribution in [1.29, 1.82) is 0 Å². The fourth-order valence-corrected chi connectivity index (χ4v) is 4.35. The van der Waals surface area contributed by atoms with Gasteiger partial charge in [0.15, 0.2) is 0 Å². The molecule has 2 aromatic carbocycles. The Balaban J connectivity index is 1.57. The average molecular weight is 347 g/mol. The van der Waals surface area contributed by atoms with Crippen LogP contribution in [0.1, 0.15) is 60.3 Å². The van der Waals surface area contributed by atoms with Crippen LogP contribution in [0.15, 0.2) is 36.4 Å². The molecule has 1 aliphatic rings. The molecule has 1 aliphatic carbocycles. The number of ketones is 1. The summed E-state index contributed by atoms with van der Waals surface area (Å²) in [5, 5.41) is 2.13. The molecule has 1 heteroatoms. The monoisotopic (exact) mass is 346 g/mol. The van der Waals surface area contributed by atoms with E-state index in [1.165, 1.54) is 22.3 Å². The smallest absolute Gasteiger partial charge is 0.136 e. The van der Waals surface area contributed by atoms with Crippen molar-refractivity contribution in [2.75, 3.05) is 0 Å². The van der Waals surface area contributed by atoms with Gasteiger partial charge in [0.2, 0.25) is 0 Å². The molecule has 0 saturated heterocycles. The number of carbonyl (C=O) groups is 1. The van der Waals surface area contributed by atoms with Gasteiger partial charge in [-0.3, -0.25) is 4.79 Å². The molecule has 0 radical (unpaired) electrons. The number of Topliss-reactive ketones (excluding diaryl/α,β-unsaturated/α-hetero) is 1. The van der Waals surface area contributed by atoms with Crippen LogP contribution in [-0.4, -0.2) is 5.78 Å². The molecule has 0 unspecified atom stereocenters. The molecule has 0 heterocycles. The van der Waals surface area contributed by atoms with Crippen molar-refractivity contribution in [2.24, 2.45) is 5.92 Å². The predicted molar refractivity (Wildman–Crippen MR) is 111 cm³/mol. The van der Waals surface area contributed by atoms with Gasteiger partial charge in [0.1, 0.15) is 5.78 Å². The Morgan fingerprint density at radius 3 is 2.42 bits per heavy atom. The molecule has 0 atom stereocenters. The summed E-state index contributed by atoms with van der Waals surface area (Å²) in [5.41, 5.74) is 5.15. The molecule has 1 fully saturated rings. The van der Waals surface area contributed by atoms with E-state index in [-0.39, 0.29) is 5.92 Å². The Kier molecular flexibility index (Phi) is 5.76. The molecule has 0 bridgehead atoms. The lowest BCUT2D eigenvalue weighted by Gasteiger charge is -2.28. The Morgan fingerprint density at radius 1 is 1.00 bits per heavy atom. The van der Waals surface area contributed by atoms with Crippen molar-refractivity contribution in [3.05, 3.63) is 69.1 Å². The highest BCUT2D eigenvalue weighted by molar-refractivity contribution is 5.81. The van der Waals surface area contributed by atoms with Gasteiger partial charge in [-0.1, -0.05) is 60.7 Å². The first-order valence-corrected chi connectivity index (χ1v) is 9.80. The minimum Gasteiger partial charge on any atom is -0.299 e. The normalized spacial score (nSPS) is 20.1. The Bertz CT molecular complexity index is 885. The fraction of sp³-hybridized carbons (Fsp3) is 0.400. The highest BCUT2D eigenvalue weighted by atomic mass is 16.1. The largest absolute Gasteiger partial charge is 0.299 e. The van der Waals surface area contributed by atoms with Crippen LogP contribution in [0.5, 0.6) is 0 Å². The lowest BCUT2D eigenvalue weighted by molar-refractivity contribution is -0.123. The van der Waals surface area contributed by atoms with Gasteiger partial charge in [-0.2, -0.15) is 0 Å². The SMILES string of the molecule is C=c1cc(C)cc(C2CCC(C(=O)CCc3cccc(C)c3)CC2)c1=C. The molecule has 0 aliphatic heterocycles. The maximum atomic E-state index is 12.7. The minimum atomic E-state index is 0.244. The number of hydrogen-bond donors (Lipinski definition) is 0. The standard InChI is InChI=1S/C25H30O/c1-17-6-5-7-21(15-17)8-13-25(26)23-11-9-22(10-12-23)24-16-18(2)14-19(3)20(24)4/h5-7,14-16,22-23H,3-4,8-13H2,1-2H3. The molecule has 1 saturated carbocycles. The number of benzene rings is 2. The number of hydrogen-bond acceptors (Lipinski definition) is 1. The fourth-order valence-electron chi connectivity index (χ4n) is 4.35. The van der Waals surface area contributed by atoms with E-state index >= 15 is 0 Å². The maximum Gasteiger partial charge on any atom is 0.136 e. The zero-order valence-electron chi connectivity index (χ0n) is 16.2. The average Bonchev–Trinajstić information content (AvgIpc) is 2.63. The third-order valence-corrected chi connectivity index (χ3v) is 5.89. The van der Waals surface area contributed by atoms with Crippen molar-refractivity contribution in [3.63, 3.8) is 0 Å². The van der Waals surface area contributed by atoms with Crippen molar-refractivity contribution >= 4 is 18.9 Å². The third-order valence-electron chi connectivity index (χ3n) is 5.89. The zero-order valence-corrected chi connectivity index (χ0v) is 16.2. The van der Waals surface area contributed by atoms with E-state index in [4.69, 9.17) is 0 Å². The van der Waals surface area contributed by atoms with E-state index in [1.807, 2.05) is 0 Å². The highest BCUT2D eigenvalue weighted by Gasteiger charge is 2.27. The molecular weight excluding hydrogens is 316 g/mol. The third kappa shape index (κ3) is 4.33. The first-order chi connectivity index (χ1) is 12.4. The van der Waals surface area contributed by atoms with Crippen LogP contribution < -0.4 is 10.4 Å². The summed E-state index contributed by atoms with van der Waals surface area (Å²) in [5.74, 6) is 1.22. The molecule has 0 amide bonds. The van der Waals surface area contributed by atoms with Crippen LogP contribution in [0, 0.1) is 19.8 Å². The summed E-state index contributed by atoms with van der Waals surface area (Å²) in [6, 6.07) is 12.9. The van der Waals surface area contributed by atoms with Gasteiger partial charge < -0.3 is 0 Å². The van der Waals surface area contributed by atoms with E-state index in [1.54, 1.807) is 0 Å².